The molecular weight excluding hydrogens is 209 g/mol. The molecule has 88 valence electrons. The lowest BCUT2D eigenvalue weighted by Gasteiger charge is -2.14. The molecule has 0 bridgehead atoms. The van der Waals surface area contributed by atoms with Crippen molar-refractivity contribution in [1.82, 2.24) is 5.32 Å². The van der Waals surface area contributed by atoms with Crippen molar-refractivity contribution >= 4 is 5.97 Å². The molecule has 1 atom stereocenters. The van der Waals surface area contributed by atoms with E-state index in [4.69, 9.17) is 4.74 Å². The highest BCUT2D eigenvalue weighted by molar-refractivity contribution is 5.71. The summed E-state index contributed by atoms with van der Waals surface area (Å²) in [5, 5.41) is 2.82. The second-order valence-corrected chi connectivity index (χ2v) is 3.30. The Morgan fingerprint density at radius 3 is 2.69 bits per heavy atom. The van der Waals surface area contributed by atoms with Crippen LogP contribution in [0.3, 0.4) is 0 Å². The van der Waals surface area contributed by atoms with E-state index in [2.05, 4.69) is 5.32 Å². The molecule has 0 saturated carbocycles. The largest absolute Gasteiger partial charge is 0.465 e. The normalized spacial score (nSPS) is 12.1. The van der Waals surface area contributed by atoms with Gasteiger partial charge in [-0.1, -0.05) is 30.3 Å². The first kappa shape index (κ1) is 12.6. The average molecular weight is 225 g/mol. The van der Waals surface area contributed by atoms with Crippen LogP contribution in [0.2, 0.25) is 0 Å². The summed E-state index contributed by atoms with van der Waals surface area (Å²) >= 11 is 0. The molecule has 0 aliphatic rings. The summed E-state index contributed by atoms with van der Waals surface area (Å²) in [7, 11) is 0. The van der Waals surface area contributed by atoms with Crippen LogP contribution in [0, 0.1) is 0 Å². The smallest absolute Gasteiger partial charge is 0.319 e. The molecule has 0 aliphatic carbocycles. The topological polar surface area (TPSA) is 38.3 Å². The number of ether oxygens (including phenoxy) is 1. The summed E-state index contributed by atoms with van der Waals surface area (Å²) in [5.74, 6) is -0.364. The van der Waals surface area contributed by atoms with Gasteiger partial charge in [-0.2, -0.15) is 0 Å². The van der Waals surface area contributed by atoms with Gasteiger partial charge in [-0.25, -0.2) is 4.39 Å². The van der Waals surface area contributed by atoms with Crippen LogP contribution in [0.25, 0.3) is 0 Å². The number of hydrogen-bond acceptors (Lipinski definition) is 3. The molecule has 1 aromatic carbocycles. The molecule has 4 heteroatoms. The van der Waals surface area contributed by atoms with Crippen molar-refractivity contribution in [3.05, 3.63) is 35.9 Å². The van der Waals surface area contributed by atoms with Crippen molar-refractivity contribution in [2.45, 2.75) is 13.0 Å². The molecular formula is C12H16FNO2. The van der Waals surface area contributed by atoms with E-state index < -0.39 is 12.7 Å². The van der Waals surface area contributed by atoms with Crippen molar-refractivity contribution < 1.29 is 13.9 Å². The van der Waals surface area contributed by atoms with Crippen LogP contribution in [0.5, 0.6) is 0 Å². The Labute approximate surface area is 94.6 Å². The van der Waals surface area contributed by atoms with Crippen molar-refractivity contribution in [2.24, 2.45) is 0 Å². The molecule has 0 fully saturated rings. The van der Waals surface area contributed by atoms with E-state index in [1.54, 1.807) is 6.92 Å². The van der Waals surface area contributed by atoms with Crippen LogP contribution < -0.4 is 5.32 Å². The molecule has 0 aromatic heterocycles. The minimum absolute atomic E-state index is 0.0251. The van der Waals surface area contributed by atoms with Crippen molar-refractivity contribution in [2.75, 3.05) is 19.8 Å². The third kappa shape index (κ3) is 3.98. The number of halogens is 1. The van der Waals surface area contributed by atoms with Gasteiger partial charge >= 0.3 is 5.97 Å². The minimum atomic E-state index is -0.552. The summed E-state index contributed by atoms with van der Waals surface area (Å²) in [6, 6.07) is 8.73. The fourth-order valence-electron chi connectivity index (χ4n) is 1.37. The number of carbonyl (C=O) groups is 1. The maximum absolute atomic E-state index is 12.8. The van der Waals surface area contributed by atoms with Gasteiger partial charge in [-0.15, -0.1) is 0 Å². The zero-order valence-corrected chi connectivity index (χ0v) is 9.28. The number of nitrogens with one attached hydrogen (secondary N) is 1. The van der Waals surface area contributed by atoms with Gasteiger partial charge in [0.1, 0.15) is 6.67 Å². The zero-order chi connectivity index (χ0) is 11.8. The van der Waals surface area contributed by atoms with Crippen LogP contribution >= 0.6 is 0 Å². The monoisotopic (exact) mass is 225 g/mol. The van der Waals surface area contributed by atoms with Crippen molar-refractivity contribution in [1.29, 1.82) is 0 Å². The Balaban J connectivity index is 2.47. The van der Waals surface area contributed by atoms with Gasteiger partial charge in [-0.3, -0.25) is 10.1 Å². The Kier molecular flexibility index (Phi) is 5.50. The Morgan fingerprint density at radius 2 is 2.12 bits per heavy atom. The van der Waals surface area contributed by atoms with Gasteiger partial charge in [-0.05, 0) is 12.5 Å². The predicted octanol–water partition coefficient (Wildman–Crippen LogP) is 1.85. The maximum Gasteiger partial charge on any atom is 0.319 e. The van der Waals surface area contributed by atoms with Crippen LogP contribution in [-0.4, -0.2) is 25.8 Å². The lowest BCUT2D eigenvalue weighted by atomic mass is 10.1. The van der Waals surface area contributed by atoms with Crippen molar-refractivity contribution in [3.8, 4) is 0 Å². The Morgan fingerprint density at radius 1 is 1.44 bits per heavy atom. The van der Waals surface area contributed by atoms with E-state index in [-0.39, 0.29) is 12.5 Å². The van der Waals surface area contributed by atoms with Crippen LogP contribution in [-0.2, 0) is 9.53 Å². The molecule has 1 unspecified atom stereocenters. The molecule has 0 radical (unpaired) electrons. The SMILES string of the molecule is CCOC(=O)CNC(CF)c1ccccc1. The Hall–Kier alpha value is -1.42. The number of rotatable bonds is 6. The first-order valence-electron chi connectivity index (χ1n) is 5.27. The Bertz CT molecular complexity index is 316. The summed E-state index contributed by atoms with van der Waals surface area (Å²) in [6.45, 7) is 1.55. The molecule has 0 saturated heterocycles. The van der Waals surface area contributed by atoms with Crippen LogP contribution in [0.1, 0.15) is 18.5 Å². The highest BCUT2D eigenvalue weighted by Crippen LogP contribution is 2.12. The summed E-state index contributed by atoms with van der Waals surface area (Å²) in [5.41, 5.74) is 0.828. The van der Waals surface area contributed by atoms with Crippen LogP contribution in [0.15, 0.2) is 30.3 Å². The number of benzene rings is 1. The van der Waals surface area contributed by atoms with E-state index in [0.29, 0.717) is 6.61 Å². The van der Waals surface area contributed by atoms with Gasteiger partial charge in [0.15, 0.2) is 0 Å². The van der Waals surface area contributed by atoms with E-state index in [9.17, 15) is 9.18 Å². The second kappa shape index (κ2) is 6.95. The zero-order valence-electron chi connectivity index (χ0n) is 9.28. The molecule has 3 nitrogen and oxygen atoms in total. The lowest BCUT2D eigenvalue weighted by Crippen LogP contribution is -2.30. The number of esters is 1. The summed E-state index contributed by atoms with van der Waals surface area (Å²) in [6.07, 6.45) is 0. The maximum atomic E-state index is 12.8. The number of carbonyl (C=O) groups excluding carboxylic acids is 1. The average Bonchev–Trinajstić information content (AvgIpc) is 2.31. The van der Waals surface area contributed by atoms with E-state index in [1.165, 1.54) is 0 Å². The third-order valence-electron chi connectivity index (χ3n) is 2.15. The van der Waals surface area contributed by atoms with E-state index >= 15 is 0 Å². The molecule has 0 amide bonds. The van der Waals surface area contributed by atoms with Gasteiger partial charge in [0, 0.05) is 0 Å². The molecule has 1 N–H and O–H groups in total. The summed E-state index contributed by atoms with van der Waals surface area (Å²) < 4.78 is 17.5. The first-order valence-corrected chi connectivity index (χ1v) is 5.27. The molecule has 1 rings (SSSR count). The highest BCUT2D eigenvalue weighted by atomic mass is 19.1. The van der Waals surface area contributed by atoms with Gasteiger partial charge in [0.2, 0.25) is 0 Å². The van der Waals surface area contributed by atoms with Gasteiger partial charge in [0.25, 0.3) is 0 Å². The first-order chi connectivity index (χ1) is 7.77. The fourth-order valence-corrected chi connectivity index (χ4v) is 1.37. The van der Waals surface area contributed by atoms with Crippen LogP contribution in [0.4, 0.5) is 4.39 Å². The number of alkyl halides is 1. The van der Waals surface area contributed by atoms with Gasteiger partial charge < -0.3 is 4.74 Å². The minimum Gasteiger partial charge on any atom is -0.465 e. The number of hydrogen-bond donors (Lipinski definition) is 1. The third-order valence-corrected chi connectivity index (χ3v) is 2.15. The molecule has 0 aliphatic heterocycles. The summed E-state index contributed by atoms with van der Waals surface area (Å²) in [4.78, 5) is 11.1. The van der Waals surface area contributed by atoms with Crippen molar-refractivity contribution in [3.63, 3.8) is 0 Å². The van der Waals surface area contributed by atoms with E-state index in [1.807, 2.05) is 30.3 Å². The van der Waals surface area contributed by atoms with E-state index in [0.717, 1.165) is 5.56 Å². The highest BCUT2D eigenvalue weighted by Gasteiger charge is 2.12. The molecule has 16 heavy (non-hydrogen) atoms. The molecule has 0 spiro atoms. The second-order valence-electron chi connectivity index (χ2n) is 3.30. The molecule has 0 heterocycles. The fraction of sp³-hybridized carbons (Fsp3) is 0.417. The van der Waals surface area contributed by atoms with Gasteiger partial charge in [0.05, 0.1) is 19.2 Å². The quantitative estimate of drug-likeness (QED) is 0.751. The standard InChI is InChI=1S/C12H16FNO2/c1-2-16-12(15)9-14-11(8-13)10-6-4-3-5-7-10/h3-7,11,14H,2,8-9H2,1H3. The lowest BCUT2D eigenvalue weighted by molar-refractivity contribution is -0.142. The molecule has 1 aromatic rings. The predicted molar refractivity (Wildman–Crippen MR) is 59.8 cm³/mol.